The van der Waals surface area contributed by atoms with E-state index in [0.717, 1.165) is 12.1 Å². The summed E-state index contributed by atoms with van der Waals surface area (Å²) in [7, 11) is 0. The van der Waals surface area contributed by atoms with Crippen LogP contribution in [-0.4, -0.2) is 37.7 Å². The predicted octanol–water partition coefficient (Wildman–Crippen LogP) is 2.13. The molecule has 110 valence electrons. The third-order valence-electron chi connectivity index (χ3n) is 1.99. The molecule has 0 heterocycles. The maximum atomic E-state index is 13.0. The van der Waals surface area contributed by atoms with E-state index in [1.165, 1.54) is 6.07 Å². The van der Waals surface area contributed by atoms with Crippen LogP contribution in [0.3, 0.4) is 0 Å². The molecule has 1 N–H and O–H groups in total. The van der Waals surface area contributed by atoms with E-state index < -0.39 is 25.2 Å². The van der Waals surface area contributed by atoms with Crippen molar-refractivity contribution in [3.05, 3.63) is 29.6 Å². The van der Waals surface area contributed by atoms with Crippen LogP contribution in [0, 0.1) is 17.7 Å². The van der Waals surface area contributed by atoms with Crippen LogP contribution in [0.1, 0.15) is 5.56 Å². The van der Waals surface area contributed by atoms with Crippen LogP contribution < -0.4 is 4.74 Å². The summed E-state index contributed by atoms with van der Waals surface area (Å²) in [6, 6.07) is 3.55. The maximum Gasteiger partial charge on any atom is 0.411 e. The fraction of sp³-hybridized carbons (Fsp3) is 0.385. The molecule has 0 aliphatic heterocycles. The Hall–Kier alpha value is -1.78. The van der Waals surface area contributed by atoms with Gasteiger partial charge in [0.1, 0.15) is 31.4 Å². The zero-order valence-corrected chi connectivity index (χ0v) is 10.3. The molecule has 20 heavy (non-hydrogen) atoms. The summed E-state index contributed by atoms with van der Waals surface area (Å²) in [5, 5.41) is 8.58. The average Bonchev–Trinajstić information content (AvgIpc) is 2.36. The van der Waals surface area contributed by atoms with Crippen LogP contribution in [-0.2, 0) is 4.74 Å². The van der Waals surface area contributed by atoms with Crippen LogP contribution in [0.5, 0.6) is 5.75 Å². The molecule has 0 saturated heterocycles. The number of benzene rings is 1. The largest absolute Gasteiger partial charge is 0.490 e. The van der Waals surface area contributed by atoms with Crippen LogP contribution in [0.15, 0.2) is 18.2 Å². The van der Waals surface area contributed by atoms with Gasteiger partial charge in [-0.25, -0.2) is 4.39 Å². The molecule has 0 atom stereocenters. The quantitative estimate of drug-likeness (QED) is 0.513. The monoisotopic (exact) mass is 292 g/mol. The molecule has 7 heteroatoms. The summed E-state index contributed by atoms with van der Waals surface area (Å²) in [5.74, 6) is 4.49. The van der Waals surface area contributed by atoms with E-state index in [9.17, 15) is 17.6 Å². The molecular formula is C13H12F4O3. The first-order valence-electron chi connectivity index (χ1n) is 5.59. The van der Waals surface area contributed by atoms with Gasteiger partial charge in [0.15, 0.2) is 0 Å². The normalized spacial score (nSPS) is 10.8. The molecule has 0 spiro atoms. The first-order valence-corrected chi connectivity index (χ1v) is 5.59. The number of halogens is 4. The highest BCUT2D eigenvalue weighted by molar-refractivity contribution is 5.46. The van der Waals surface area contributed by atoms with Gasteiger partial charge in [-0.2, -0.15) is 13.2 Å². The number of aliphatic hydroxyl groups excluding tert-OH is 1. The minimum Gasteiger partial charge on any atom is -0.490 e. The Kier molecular flexibility index (Phi) is 6.28. The fourth-order valence-corrected chi connectivity index (χ4v) is 1.26. The van der Waals surface area contributed by atoms with Crippen molar-refractivity contribution in [2.24, 2.45) is 0 Å². The average molecular weight is 292 g/mol. The second-order valence-electron chi connectivity index (χ2n) is 3.62. The van der Waals surface area contributed by atoms with Gasteiger partial charge >= 0.3 is 6.18 Å². The van der Waals surface area contributed by atoms with E-state index >= 15 is 0 Å². The third kappa shape index (κ3) is 6.41. The van der Waals surface area contributed by atoms with Crippen molar-refractivity contribution in [2.45, 2.75) is 6.18 Å². The van der Waals surface area contributed by atoms with E-state index in [2.05, 4.69) is 16.6 Å². The van der Waals surface area contributed by atoms with Crippen molar-refractivity contribution in [1.82, 2.24) is 0 Å². The van der Waals surface area contributed by atoms with E-state index in [4.69, 9.17) is 9.84 Å². The number of alkyl halides is 3. The molecule has 1 rings (SSSR count). The summed E-state index contributed by atoms with van der Waals surface area (Å²) in [5.41, 5.74) is 0.204. The summed E-state index contributed by atoms with van der Waals surface area (Å²) in [4.78, 5) is 0. The van der Waals surface area contributed by atoms with Crippen LogP contribution in [0.2, 0.25) is 0 Å². The van der Waals surface area contributed by atoms with Crippen LogP contribution in [0.25, 0.3) is 0 Å². The van der Waals surface area contributed by atoms with E-state index in [0.29, 0.717) is 0 Å². The fourth-order valence-electron chi connectivity index (χ4n) is 1.26. The smallest absolute Gasteiger partial charge is 0.411 e. The minimum absolute atomic E-state index is 0.129. The van der Waals surface area contributed by atoms with Crippen molar-refractivity contribution in [1.29, 1.82) is 0 Å². The zero-order chi connectivity index (χ0) is 15.0. The van der Waals surface area contributed by atoms with Crippen molar-refractivity contribution >= 4 is 0 Å². The lowest BCUT2D eigenvalue weighted by Gasteiger charge is -2.10. The zero-order valence-electron chi connectivity index (χ0n) is 10.3. The van der Waals surface area contributed by atoms with Gasteiger partial charge in [0.2, 0.25) is 0 Å². The summed E-state index contributed by atoms with van der Waals surface area (Å²) in [6.07, 6.45) is -4.38. The van der Waals surface area contributed by atoms with E-state index in [-0.39, 0.29) is 24.5 Å². The molecule has 0 bridgehead atoms. The molecule has 0 saturated carbocycles. The number of rotatable bonds is 5. The van der Waals surface area contributed by atoms with E-state index in [1.54, 1.807) is 0 Å². The second kappa shape index (κ2) is 7.72. The van der Waals surface area contributed by atoms with Gasteiger partial charge in [0.25, 0.3) is 0 Å². The van der Waals surface area contributed by atoms with Crippen molar-refractivity contribution in [3.8, 4) is 17.6 Å². The van der Waals surface area contributed by atoms with Gasteiger partial charge in [-0.3, -0.25) is 0 Å². The highest BCUT2D eigenvalue weighted by Gasteiger charge is 2.27. The van der Waals surface area contributed by atoms with Gasteiger partial charge in [-0.15, -0.1) is 0 Å². The lowest BCUT2D eigenvalue weighted by Crippen LogP contribution is -2.19. The number of hydrogen-bond donors (Lipinski definition) is 1. The molecule has 1 aromatic rings. The standard InChI is InChI=1S/C13H12F4O3/c14-11-3-4-12(10(8-11)2-1-5-18)20-7-6-19-9-13(15,16)17/h3-4,8,18H,5-7,9H2. The lowest BCUT2D eigenvalue weighted by atomic mass is 10.2. The molecule has 0 amide bonds. The van der Waals surface area contributed by atoms with Gasteiger partial charge in [-0.1, -0.05) is 11.8 Å². The maximum absolute atomic E-state index is 13.0. The second-order valence-corrected chi connectivity index (χ2v) is 3.62. The summed E-state index contributed by atoms with van der Waals surface area (Å²) < 4.78 is 58.0. The van der Waals surface area contributed by atoms with Gasteiger partial charge in [0, 0.05) is 0 Å². The Morgan fingerprint density at radius 3 is 2.60 bits per heavy atom. The minimum atomic E-state index is -4.38. The SMILES string of the molecule is OCC#Cc1cc(F)ccc1OCCOCC(F)(F)F. The lowest BCUT2D eigenvalue weighted by molar-refractivity contribution is -0.175. The molecule has 0 unspecified atom stereocenters. The third-order valence-corrected chi connectivity index (χ3v) is 1.99. The Labute approximate surface area is 113 Å². The first kappa shape index (κ1) is 16.3. The topological polar surface area (TPSA) is 38.7 Å². The van der Waals surface area contributed by atoms with Crippen molar-refractivity contribution < 1.29 is 32.1 Å². The Morgan fingerprint density at radius 1 is 1.20 bits per heavy atom. The summed E-state index contributed by atoms with van der Waals surface area (Å²) >= 11 is 0. The van der Waals surface area contributed by atoms with Crippen LogP contribution >= 0.6 is 0 Å². The van der Waals surface area contributed by atoms with Gasteiger partial charge in [0.05, 0.1) is 12.2 Å². The van der Waals surface area contributed by atoms with Crippen molar-refractivity contribution in [3.63, 3.8) is 0 Å². The number of ether oxygens (including phenoxy) is 2. The molecular weight excluding hydrogens is 280 g/mol. The molecule has 0 aliphatic rings. The first-order chi connectivity index (χ1) is 9.42. The molecule has 0 aliphatic carbocycles. The van der Waals surface area contributed by atoms with Gasteiger partial charge < -0.3 is 14.6 Å². The summed E-state index contributed by atoms with van der Waals surface area (Å²) in [6.45, 7) is -2.14. The predicted molar refractivity (Wildman–Crippen MR) is 62.7 cm³/mol. The Balaban J connectivity index is 2.51. The molecule has 0 fully saturated rings. The van der Waals surface area contributed by atoms with Crippen molar-refractivity contribution in [2.75, 3.05) is 26.4 Å². The molecule has 3 nitrogen and oxygen atoms in total. The molecule has 0 aromatic heterocycles. The van der Waals surface area contributed by atoms with Gasteiger partial charge in [-0.05, 0) is 18.2 Å². The number of aliphatic hydroxyl groups is 1. The van der Waals surface area contributed by atoms with Crippen LogP contribution in [0.4, 0.5) is 17.6 Å². The Bertz CT molecular complexity index is 489. The number of hydrogen-bond acceptors (Lipinski definition) is 3. The highest BCUT2D eigenvalue weighted by atomic mass is 19.4. The van der Waals surface area contributed by atoms with E-state index in [1.807, 2.05) is 0 Å². The molecule has 0 radical (unpaired) electrons. The Morgan fingerprint density at radius 2 is 1.95 bits per heavy atom. The highest BCUT2D eigenvalue weighted by Crippen LogP contribution is 2.19. The molecule has 1 aromatic carbocycles.